The third-order valence-electron chi connectivity index (χ3n) is 6.93. The van der Waals surface area contributed by atoms with Crippen molar-refractivity contribution in [2.45, 2.75) is 78.1 Å². The van der Waals surface area contributed by atoms with Gasteiger partial charge >= 0.3 is 6.03 Å². The molecule has 3 aromatic rings. The van der Waals surface area contributed by atoms with Crippen LogP contribution in [0.1, 0.15) is 82.2 Å². The largest absolute Gasteiger partial charge is 0.507 e. The van der Waals surface area contributed by atoms with Gasteiger partial charge in [0.2, 0.25) is 0 Å². The van der Waals surface area contributed by atoms with Crippen LogP contribution in [0.25, 0.3) is 0 Å². The number of urea groups is 1. The number of hydrogen-bond acceptors (Lipinski definition) is 2. The van der Waals surface area contributed by atoms with Crippen LogP contribution in [-0.4, -0.2) is 17.7 Å². The van der Waals surface area contributed by atoms with Gasteiger partial charge in [-0.1, -0.05) is 89.9 Å². The van der Waals surface area contributed by atoms with Gasteiger partial charge in [-0.15, -0.1) is 0 Å². The molecule has 0 radical (unpaired) electrons. The normalized spacial score (nSPS) is 12.8. The lowest BCUT2D eigenvalue weighted by atomic mass is 9.78. The van der Waals surface area contributed by atoms with Gasteiger partial charge in [0, 0.05) is 12.6 Å². The number of aryl methyl sites for hydroxylation is 2. The van der Waals surface area contributed by atoms with Gasteiger partial charge in [-0.05, 0) is 75.6 Å². The highest BCUT2D eigenvalue weighted by atomic mass is 35.5. The van der Waals surface area contributed by atoms with E-state index in [0.717, 1.165) is 28.3 Å². The molecule has 0 aromatic heterocycles. The molecule has 0 aliphatic rings. The van der Waals surface area contributed by atoms with Crippen molar-refractivity contribution in [2.24, 2.45) is 0 Å². The van der Waals surface area contributed by atoms with Crippen molar-refractivity contribution in [3.05, 3.63) is 92.0 Å². The number of amides is 2. The van der Waals surface area contributed by atoms with E-state index < -0.39 is 17.7 Å². The van der Waals surface area contributed by atoms with Crippen LogP contribution in [0.4, 0.5) is 19.3 Å². The summed E-state index contributed by atoms with van der Waals surface area (Å²) in [5, 5.41) is 17.2. The van der Waals surface area contributed by atoms with Crippen LogP contribution in [-0.2, 0) is 23.7 Å². The maximum Gasteiger partial charge on any atom is 0.319 e. The number of rotatable bonds is 7. The predicted molar refractivity (Wildman–Crippen MR) is 161 cm³/mol. The molecule has 216 valence electrons. The van der Waals surface area contributed by atoms with Crippen molar-refractivity contribution < 1.29 is 18.7 Å². The van der Waals surface area contributed by atoms with Gasteiger partial charge in [0.25, 0.3) is 0 Å². The van der Waals surface area contributed by atoms with Crippen LogP contribution in [0.15, 0.2) is 42.5 Å². The Labute approximate surface area is 246 Å². The number of hydrogen-bond donors (Lipinski definition) is 3. The predicted octanol–water partition coefficient (Wildman–Crippen LogP) is 9.28. The summed E-state index contributed by atoms with van der Waals surface area (Å²) in [6.45, 7) is 14.4. The van der Waals surface area contributed by atoms with E-state index in [-0.39, 0.29) is 41.2 Å². The second-order valence-corrected chi connectivity index (χ2v) is 13.2. The molecule has 0 aliphatic heterocycles. The highest BCUT2D eigenvalue weighted by molar-refractivity contribution is 6.42. The number of carbonyl (C=O) groups excluding carboxylic acids is 1. The minimum Gasteiger partial charge on any atom is -0.507 e. The fraction of sp³-hybridized carbons (Fsp3) is 0.406. The lowest BCUT2D eigenvalue weighted by Gasteiger charge is -2.28. The summed E-state index contributed by atoms with van der Waals surface area (Å²) >= 11 is 12.1. The molecule has 3 aromatic carbocycles. The fourth-order valence-corrected chi connectivity index (χ4v) is 4.87. The first-order valence-corrected chi connectivity index (χ1v) is 14.1. The lowest BCUT2D eigenvalue weighted by Crippen LogP contribution is -2.32. The van der Waals surface area contributed by atoms with E-state index in [0.29, 0.717) is 22.0 Å². The molecule has 2 amide bonds. The van der Waals surface area contributed by atoms with Crippen molar-refractivity contribution in [2.75, 3.05) is 11.9 Å². The highest BCUT2D eigenvalue weighted by Gasteiger charge is 2.26. The Balaban J connectivity index is 1.80. The van der Waals surface area contributed by atoms with Gasteiger partial charge in [0.05, 0.1) is 15.7 Å². The lowest BCUT2D eigenvalue weighted by molar-refractivity contribution is 0.251. The molecule has 0 fully saturated rings. The minimum atomic E-state index is -0.848. The van der Waals surface area contributed by atoms with E-state index in [1.54, 1.807) is 12.1 Å². The second-order valence-electron chi connectivity index (χ2n) is 12.4. The number of phenols is 1. The van der Waals surface area contributed by atoms with Crippen LogP contribution in [0.3, 0.4) is 0 Å². The van der Waals surface area contributed by atoms with Crippen molar-refractivity contribution in [1.29, 1.82) is 0 Å². The zero-order chi connectivity index (χ0) is 30.0. The summed E-state index contributed by atoms with van der Waals surface area (Å²) in [5.74, 6) is -1.38. The number of benzene rings is 3. The third-order valence-corrected chi connectivity index (χ3v) is 7.66. The van der Waals surface area contributed by atoms with E-state index >= 15 is 0 Å². The molecule has 0 saturated heterocycles. The van der Waals surface area contributed by atoms with E-state index in [2.05, 4.69) is 10.6 Å². The molecular weight excluding hydrogens is 553 g/mol. The van der Waals surface area contributed by atoms with E-state index in [9.17, 15) is 18.7 Å². The highest BCUT2D eigenvalue weighted by Crippen LogP contribution is 2.40. The Morgan fingerprint density at radius 1 is 0.900 bits per heavy atom. The first-order chi connectivity index (χ1) is 18.5. The average Bonchev–Trinajstić information content (AvgIpc) is 2.83. The van der Waals surface area contributed by atoms with Gasteiger partial charge in [0.15, 0.2) is 0 Å². The summed E-state index contributed by atoms with van der Waals surface area (Å²) in [4.78, 5) is 12.7. The van der Waals surface area contributed by atoms with Crippen molar-refractivity contribution in [3.8, 4) is 5.75 Å². The van der Waals surface area contributed by atoms with Crippen LogP contribution < -0.4 is 10.6 Å². The van der Waals surface area contributed by atoms with Crippen molar-refractivity contribution >= 4 is 34.9 Å². The van der Waals surface area contributed by atoms with Gasteiger partial charge in [-0.2, -0.15) is 0 Å². The van der Waals surface area contributed by atoms with E-state index in [1.165, 1.54) is 6.07 Å². The monoisotopic (exact) mass is 590 g/mol. The van der Waals surface area contributed by atoms with Crippen molar-refractivity contribution in [1.82, 2.24) is 5.32 Å². The molecule has 3 rings (SSSR count). The summed E-state index contributed by atoms with van der Waals surface area (Å²) in [6, 6.07) is 10.6. The van der Waals surface area contributed by atoms with Gasteiger partial charge < -0.3 is 15.7 Å². The Bertz CT molecular complexity index is 1360. The Kier molecular flexibility index (Phi) is 9.79. The number of halogens is 4. The molecule has 0 aliphatic carbocycles. The zero-order valence-corrected chi connectivity index (χ0v) is 25.6. The maximum absolute atomic E-state index is 14.9. The molecule has 0 spiro atoms. The van der Waals surface area contributed by atoms with Gasteiger partial charge in [-0.25, -0.2) is 13.6 Å². The zero-order valence-electron chi connectivity index (χ0n) is 24.1. The van der Waals surface area contributed by atoms with Crippen LogP contribution in [0.2, 0.25) is 10.0 Å². The molecule has 8 heteroatoms. The van der Waals surface area contributed by atoms with Gasteiger partial charge in [0.1, 0.15) is 17.4 Å². The first-order valence-electron chi connectivity index (χ1n) is 13.3. The molecule has 1 unspecified atom stereocenters. The van der Waals surface area contributed by atoms with Crippen LogP contribution >= 0.6 is 23.2 Å². The molecule has 40 heavy (non-hydrogen) atoms. The maximum atomic E-state index is 14.9. The molecule has 0 heterocycles. The number of anilines is 1. The number of carbonyl (C=O) groups is 1. The number of nitrogens with one attached hydrogen (secondary N) is 2. The second kappa shape index (κ2) is 12.4. The Morgan fingerprint density at radius 2 is 1.50 bits per heavy atom. The average molecular weight is 592 g/mol. The smallest absolute Gasteiger partial charge is 0.319 e. The van der Waals surface area contributed by atoms with Gasteiger partial charge in [-0.3, -0.25) is 0 Å². The summed E-state index contributed by atoms with van der Waals surface area (Å²) in [6.07, 6.45) is 0.738. The molecular formula is C32H38Cl2F2N2O2. The first kappa shape index (κ1) is 31.7. The third kappa shape index (κ3) is 7.88. The number of phenolic OH excluding ortho intramolecular Hbond substituents is 1. The Hall–Kier alpha value is -2.83. The summed E-state index contributed by atoms with van der Waals surface area (Å²) in [7, 11) is 0. The quantitative estimate of drug-likeness (QED) is 0.257. The fourth-order valence-electron chi connectivity index (χ4n) is 4.57. The van der Waals surface area contributed by atoms with E-state index in [4.69, 9.17) is 23.2 Å². The van der Waals surface area contributed by atoms with E-state index in [1.807, 2.05) is 66.7 Å². The van der Waals surface area contributed by atoms with Crippen molar-refractivity contribution in [3.63, 3.8) is 0 Å². The summed E-state index contributed by atoms with van der Waals surface area (Å²) < 4.78 is 29.1. The molecule has 1 atom stereocenters. The molecule has 3 N–H and O–H groups in total. The standard InChI is InChI=1S/C32H38Cl2F2N2O2/c1-18(20-10-11-25(33)26(34)15-20)17-37-30(40)38-28-21(14-22(35)16-27(28)36)9-8-19-12-23(31(2,3)4)29(39)24(13-19)32(5,6)7/h10-16,18,39H,8-9,17H2,1-7H3,(H2,37,38,40). The topological polar surface area (TPSA) is 61.4 Å². The molecule has 4 nitrogen and oxygen atoms in total. The molecule has 0 saturated carbocycles. The van der Waals surface area contributed by atoms with Crippen LogP contribution in [0, 0.1) is 11.6 Å². The van der Waals surface area contributed by atoms with Crippen LogP contribution in [0.5, 0.6) is 5.75 Å². The Morgan fingerprint density at radius 3 is 2.05 bits per heavy atom. The number of aromatic hydroxyl groups is 1. The molecule has 0 bridgehead atoms. The SMILES string of the molecule is CC(CNC(=O)Nc1c(F)cc(F)cc1CCc1cc(C(C)(C)C)c(O)c(C(C)(C)C)c1)c1ccc(Cl)c(Cl)c1. The summed E-state index contributed by atoms with van der Waals surface area (Å²) in [5.41, 5.74) is 3.13. The minimum absolute atomic E-state index is 0.0630.